The molecule has 9 heteroatoms. The van der Waals surface area contributed by atoms with Gasteiger partial charge in [-0.3, -0.25) is 4.99 Å². The van der Waals surface area contributed by atoms with Gasteiger partial charge in [0.05, 0.1) is 12.3 Å². The zero-order chi connectivity index (χ0) is 18.2. The van der Waals surface area contributed by atoms with E-state index in [-0.39, 0.29) is 41.3 Å². The van der Waals surface area contributed by atoms with E-state index in [4.69, 9.17) is 0 Å². The van der Waals surface area contributed by atoms with Crippen LogP contribution in [0.2, 0.25) is 0 Å². The average Bonchev–Trinajstić information content (AvgIpc) is 2.51. The van der Waals surface area contributed by atoms with Gasteiger partial charge in [0.1, 0.15) is 0 Å². The maximum Gasteiger partial charge on any atom is 0.213 e. The summed E-state index contributed by atoms with van der Waals surface area (Å²) in [7, 11) is -3.06. The van der Waals surface area contributed by atoms with E-state index in [0.29, 0.717) is 19.6 Å². The van der Waals surface area contributed by atoms with Crippen LogP contribution in [0.1, 0.15) is 47.5 Å². The molecule has 1 heterocycles. The fraction of sp³-hybridized carbons (Fsp3) is 0.938. The molecule has 3 N–H and O–H groups in total. The van der Waals surface area contributed by atoms with E-state index in [1.165, 1.54) is 0 Å². The molecule has 0 bridgehead atoms. The van der Waals surface area contributed by atoms with Crippen LogP contribution in [-0.4, -0.2) is 68.7 Å². The monoisotopic (exact) mass is 489 g/mol. The second kappa shape index (κ2) is 11.6. The number of nitrogens with zero attached hydrogens (tertiary/aromatic N) is 2. The molecule has 0 radical (unpaired) electrons. The summed E-state index contributed by atoms with van der Waals surface area (Å²) in [6, 6.07) is 0.265. The van der Waals surface area contributed by atoms with Crippen molar-refractivity contribution in [1.29, 1.82) is 0 Å². The van der Waals surface area contributed by atoms with E-state index in [0.717, 1.165) is 31.9 Å². The lowest BCUT2D eigenvalue weighted by Crippen LogP contribution is -2.50. The normalized spacial score (nSPS) is 17.9. The maximum atomic E-state index is 11.9. The lowest BCUT2D eigenvalue weighted by Gasteiger charge is -2.32. The van der Waals surface area contributed by atoms with Crippen molar-refractivity contribution in [1.82, 2.24) is 20.3 Å². The highest BCUT2D eigenvalue weighted by Gasteiger charge is 2.26. The molecule has 0 aromatic rings. The minimum atomic E-state index is -3.06. The highest BCUT2D eigenvalue weighted by molar-refractivity contribution is 14.0. The van der Waals surface area contributed by atoms with Crippen molar-refractivity contribution in [2.45, 2.75) is 59.0 Å². The molecule has 0 atom stereocenters. The van der Waals surface area contributed by atoms with Crippen molar-refractivity contribution in [3.63, 3.8) is 0 Å². The van der Waals surface area contributed by atoms with Crippen LogP contribution in [0.5, 0.6) is 0 Å². The summed E-state index contributed by atoms with van der Waals surface area (Å²) in [4.78, 5) is 4.59. The van der Waals surface area contributed by atoms with Crippen molar-refractivity contribution < 1.29 is 8.42 Å². The summed E-state index contributed by atoms with van der Waals surface area (Å²) in [5.74, 6) is 0.987. The Kier molecular flexibility index (Phi) is 11.5. The van der Waals surface area contributed by atoms with Gasteiger partial charge in [-0.25, -0.2) is 12.7 Å². The highest BCUT2D eigenvalue weighted by atomic mass is 127. The summed E-state index contributed by atoms with van der Waals surface area (Å²) in [5.41, 5.74) is 0.0961. The van der Waals surface area contributed by atoms with Gasteiger partial charge in [-0.05, 0) is 47.5 Å². The summed E-state index contributed by atoms with van der Waals surface area (Å²) in [5, 5.41) is 10.1. The summed E-state index contributed by atoms with van der Waals surface area (Å²) in [6.45, 7) is 13.7. The molecule has 1 rings (SSSR count). The van der Waals surface area contributed by atoms with Gasteiger partial charge in [0.15, 0.2) is 5.96 Å². The minimum Gasteiger partial charge on any atom is -0.357 e. The second-order valence-electron chi connectivity index (χ2n) is 7.16. The summed E-state index contributed by atoms with van der Waals surface area (Å²) in [6.07, 6.45) is 1.62. The molecule has 0 unspecified atom stereocenters. The van der Waals surface area contributed by atoms with Crippen LogP contribution >= 0.6 is 24.0 Å². The quantitative estimate of drug-likeness (QED) is 0.218. The molecule has 0 aromatic heterocycles. The summed E-state index contributed by atoms with van der Waals surface area (Å²) >= 11 is 0. The van der Waals surface area contributed by atoms with Crippen LogP contribution in [0.3, 0.4) is 0 Å². The van der Waals surface area contributed by atoms with Crippen LogP contribution in [0.4, 0.5) is 0 Å². The molecule has 0 aromatic carbocycles. The molecule has 7 nitrogen and oxygen atoms in total. The molecule has 150 valence electrons. The van der Waals surface area contributed by atoms with Gasteiger partial charge >= 0.3 is 0 Å². The van der Waals surface area contributed by atoms with Gasteiger partial charge in [0.25, 0.3) is 0 Å². The van der Waals surface area contributed by atoms with E-state index in [1.54, 1.807) is 11.2 Å². The molecule has 0 aliphatic carbocycles. The molecule has 1 fully saturated rings. The number of rotatable bonds is 7. The topological polar surface area (TPSA) is 85.8 Å². The minimum absolute atomic E-state index is 0. The Morgan fingerprint density at radius 1 is 1.20 bits per heavy atom. The SMILES string of the molecule is CCNC(=NCCNC(C)(C)C)NC1CCN(S(=O)(=O)CC)CC1.I. The second-order valence-corrected chi connectivity index (χ2v) is 9.41. The van der Waals surface area contributed by atoms with Crippen molar-refractivity contribution in [2.75, 3.05) is 38.5 Å². The Balaban J connectivity index is 0.00000576. The van der Waals surface area contributed by atoms with E-state index < -0.39 is 10.0 Å². The van der Waals surface area contributed by atoms with E-state index >= 15 is 0 Å². The van der Waals surface area contributed by atoms with Gasteiger partial charge in [-0.2, -0.15) is 0 Å². The van der Waals surface area contributed by atoms with Crippen LogP contribution < -0.4 is 16.0 Å². The Hall–Kier alpha value is -0.130. The molecule has 25 heavy (non-hydrogen) atoms. The molecule has 0 amide bonds. The first kappa shape index (κ1) is 24.9. The van der Waals surface area contributed by atoms with Crippen molar-refractivity contribution in [3.8, 4) is 0 Å². The molecule has 0 spiro atoms. The number of aliphatic imine (C=N–C) groups is 1. The van der Waals surface area contributed by atoms with Gasteiger partial charge < -0.3 is 16.0 Å². The van der Waals surface area contributed by atoms with Gasteiger partial charge in [0, 0.05) is 37.8 Å². The zero-order valence-corrected chi connectivity index (χ0v) is 19.4. The first-order valence-electron chi connectivity index (χ1n) is 8.95. The van der Waals surface area contributed by atoms with Crippen molar-refractivity contribution >= 4 is 40.0 Å². The van der Waals surface area contributed by atoms with Gasteiger partial charge in [-0.15, -0.1) is 24.0 Å². The molecule has 1 saturated heterocycles. The third kappa shape index (κ3) is 9.95. The van der Waals surface area contributed by atoms with Crippen LogP contribution in [0.25, 0.3) is 0 Å². The highest BCUT2D eigenvalue weighted by Crippen LogP contribution is 2.14. The van der Waals surface area contributed by atoms with Gasteiger partial charge in [0.2, 0.25) is 10.0 Å². The lowest BCUT2D eigenvalue weighted by molar-refractivity contribution is 0.306. The first-order valence-corrected chi connectivity index (χ1v) is 10.6. The maximum absolute atomic E-state index is 11.9. The van der Waals surface area contributed by atoms with Crippen LogP contribution in [-0.2, 0) is 10.0 Å². The Morgan fingerprint density at radius 3 is 2.28 bits per heavy atom. The Bertz CT molecular complexity index is 497. The Morgan fingerprint density at radius 2 is 1.80 bits per heavy atom. The predicted molar refractivity (Wildman–Crippen MR) is 116 cm³/mol. The molecule has 0 saturated carbocycles. The smallest absolute Gasteiger partial charge is 0.213 e. The van der Waals surface area contributed by atoms with E-state index in [9.17, 15) is 8.42 Å². The number of guanidine groups is 1. The lowest BCUT2D eigenvalue weighted by atomic mass is 10.1. The predicted octanol–water partition coefficient (Wildman–Crippen LogP) is 1.36. The van der Waals surface area contributed by atoms with Crippen LogP contribution in [0, 0.1) is 0 Å². The van der Waals surface area contributed by atoms with Gasteiger partial charge in [-0.1, -0.05) is 0 Å². The molecule has 1 aliphatic rings. The van der Waals surface area contributed by atoms with Crippen molar-refractivity contribution in [3.05, 3.63) is 0 Å². The number of hydrogen-bond acceptors (Lipinski definition) is 4. The van der Waals surface area contributed by atoms with E-state index in [1.807, 2.05) is 6.92 Å². The molecule has 1 aliphatic heterocycles. The van der Waals surface area contributed by atoms with Crippen LogP contribution in [0.15, 0.2) is 4.99 Å². The number of sulfonamides is 1. The molecular formula is C16H36IN5O2S. The third-order valence-corrected chi connectivity index (χ3v) is 5.82. The zero-order valence-electron chi connectivity index (χ0n) is 16.3. The largest absolute Gasteiger partial charge is 0.357 e. The standard InChI is InChI=1S/C16H35N5O2S.HI/c1-6-17-15(18-10-11-19-16(3,4)5)20-14-8-12-21(13-9-14)24(22,23)7-2;/h14,19H,6-13H2,1-5H3,(H2,17,18,20);1H. The fourth-order valence-corrected chi connectivity index (χ4v) is 3.71. The summed E-state index contributed by atoms with van der Waals surface area (Å²) < 4.78 is 25.4. The molecular weight excluding hydrogens is 453 g/mol. The average molecular weight is 489 g/mol. The van der Waals surface area contributed by atoms with E-state index in [2.05, 4.69) is 41.7 Å². The number of piperidine rings is 1. The Labute approximate surface area is 170 Å². The fourth-order valence-electron chi connectivity index (χ4n) is 2.57. The number of nitrogens with one attached hydrogen (secondary N) is 3. The third-order valence-electron chi connectivity index (χ3n) is 3.93. The van der Waals surface area contributed by atoms with Crippen molar-refractivity contribution in [2.24, 2.45) is 4.99 Å². The number of halogens is 1. The number of hydrogen-bond donors (Lipinski definition) is 3. The first-order chi connectivity index (χ1) is 11.2.